The second-order valence-electron chi connectivity index (χ2n) is 5.26. The first-order valence-corrected chi connectivity index (χ1v) is 8.56. The van der Waals surface area contributed by atoms with Crippen LogP contribution in [-0.2, 0) is 4.79 Å². The van der Waals surface area contributed by atoms with Crippen molar-refractivity contribution in [2.24, 2.45) is 0 Å². The third-order valence-corrected chi connectivity index (χ3v) is 4.38. The summed E-state index contributed by atoms with van der Waals surface area (Å²) in [5.41, 5.74) is 1.17. The van der Waals surface area contributed by atoms with E-state index in [1.165, 1.54) is 0 Å². The van der Waals surface area contributed by atoms with Crippen LogP contribution >= 0.6 is 11.8 Å². The Morgan fingerprint density at radius 1 is 1.24 bits per heavy atom. The van der Waals surface area contributed by atoms with E-state index in [9.17, 15) is 4.79 Å². The molecule has 0 fully saturated rings. The van der Waals surface area contributed by atoms with Crippen LogP contribution < -0.4 is 10.1 Å². The Kier molecular flexibility index (Phi) is 6.88. The van der Waals surface area contributed by atoms with Gasteiger partial charge in [-0.05, 0) is 30.3 Å². The second-order valence-corrected chi connectivity index (χ2v) is 6.74. The molecule has 2 rings (SSSR count). The molecule has 6 heteroatoms. The summed E-state index contributed by atoms with van der Waals surface area (Å²) in [7, 11) is 0. The van der Waals surface area contributed by atoms with Gasteiger partial charge in [-0.1, -0.05) is 25.1 Å². The highest BCUT2D eigenvalue weighted by molar-refractivity contribution is 8.00. The molecule has 25 heavy (non-hydrogen) atoms. The van der Waals surface area contributed by atoms with Crippen molar-refractivity contribution in [1.29, 1.82) is 10.5 Å². The molecule has 1 atom stereocenters. The summed E-state index contributed by atoms with van der Waals surface area (Å²) in [5, 5.41) is 20.6. The molecule has 0 aromatic heterocycles. The van der Waals surface area contributed by atoms with E-state index >= 15 is 0 Å². The van der Waals surface area contributed by atoms with Crippen molar-refractivity contribution < 1.29 is 9.53 Å². The fourth-order valence-electron chi connectivity index (χ4n) is 2.05. The molecule has 1 unspecified atom stereocenters. The van der Waals surface area contributed by atoms with Crippen LogP contribution in [0, 0.1) is 22.7 Å². The first-order chi connectivity index (χ1) is 12.1. The van der Waals surface area contributed by atoms with Crippen LogP contribution in [-0.4, -0.2) is 17.8 Å². The van der Waals surface area contributed by atoms with Crippen molar-refractivity contribution in [1.82, 2.24) is 0 Å². The average molecular weight is 351 g/mol. The smallest absolute Gasteiger partial charge is 0.262 e. The number of carbonyl (C=O) groups excluding carboxylic acids is 1. The monoisotopic (exact) mass is 351 g/mol. The fraction of sp³-hybridized carbons (Fsp3) is 0.211. The van der Waals surface area contributed by atoms with Crippen LogP contribution in [0.2, 0.25) is 0 Å². The summed E-state index contributed by atoms with van der Waals surface area (Å²) in [4.78, 5) is 13.0. The first kappa shape index (κ1) is 18.4. The quantitative estimate of drug-likeness (QED) is 0.763. The standard InChI is InChI=1S/C19H17N3O2S/c1-14(9-10-20)25-18-8-3-2-7-17(18)22-19(23)13-24-16-6-4-5-15(11-16)12-21/h2-8,11,14H,9,13H2,1H3,(H,22,23). The highest BCUT2D eigenvalue weighted by Crippen LogP contribution is 2.31. The van der Waals surface area contributed by atoms with E-state index < -0.39 is 0 Å². The van der Waals surface area contributed by atoms with E-state index in [4.69, 9.17) is 15.3 Å². The van der Waals surface area contributed by atoms with Gasteiger partial charge in [0, 0.05) is 16.6 Å². The number of anilines is 1. The molecule has 0 aliphatic heterocycles. The lowest BCUT2D eigenvalue weighted by Gasteiger charge is -2.13. The molecule has 126 valence electrons. The van der Waals surface area contributed by atoms with Gasteiger partial charge in [-0.15, -0.1) is 11.8 Å². The summed E-state index contributed by atoms with van der Waals surface area (Å²) in [6.07, 6.45) is 0.436. The van der Waals surface area contributed by atoms with E-state index in [1.54, 1.807) is 36.0 Å². The lowest BCUT2D eigenvalue weighted by atomic mass is 10.2. The van der Waals surface area contributed by atoms with E-state index in [1.807, 2.05) is 37.3 Å². The molecule has 0 bridgehead atoms. The number of ether oxygens (including phenoxy) is 1. The van der Waals surface area contributed by atoms with Gasteiger partial charge in [-0.2, -0.15) is 10.5 Å². The molecule has 1 amide bonds. The SMILES string of the molecule is CC(CC#N)Sc1ccccc1NC(=O)COc1cccc(C#N)c1. The lowest BCUT2D eigenvalue weighted by molar-refractivity contribution is -0.118. The van der Waals surface area contributed by atoms with E-state index in [2.05, 4.69) is 11.4 Å². The number of benzene rings is 2. The van der Waals surface area contributed by atoms with Crippen molar-refractivity contribution in [2.45, 2.75) is 23.5 Å². The Bertz CT molecular complexity index is 824. The van der Waals surface area contributed by atoms with Crippen molar-refractivity contribution in [2.75, 3.05) is 11.9 Å². The van der Waals surface area contributed by atoms with Crippen LogP contribution in [0.25, 0.3) is 0 Å². The molecule has 2 aromatic carbocycles. The Morgan fingerprint density at radius 2 is 2.04 bits per heavy atom. The van der Waals surface area contributed by atoms with Gasteiger partial charge in [0.15, 0.2) is 6.61 Å². The minimum atomic E-state index is -0.289. The van der Waals surface area contributed by atoms with E-state index in [0.717, 1.165) is 4.90 Å². The first-order valence-electron chi connectivity index (χ1n) is 7.68. The zero-order chi connectivity index (χ0) is 18.1. The Labute approximate surface area is 151 Å². The minimum Gasteiger partial charge on any atom is -0.484 e. The van der Waals surface area contributed by atoms with Gasteiger partial charge in [0.25, 0.3) is 5.91 Å². The maximum Gasteiger partial charge on any atom is 0.262 e. The van der Waals surface area contributed by atoms with Crippen LogP contribution in [0.5, 0.6) is 5.75 Å². The summed E-state index contributed by atoms with van der Waals surface area (Å²) in [5.74, 6) is 0.183. The Morgan fingerprint density at radius 3 is 2.80 bits per heavy atom. The number of nitrogens with one attached hydrogen (secondary N) is 1. The minimum absolute atomic E-state index is 0.132. The van der Waals surface area contributed by atoms with Crippen molar-refractivity contribution >= 4 is 23.4 Å². The fourth-order valence-corrected chi connectivity index (χ4v) is 3.04. The molecule has 0 aliphatic rings. The molecule has 0 radical (unpaired) electrons. The largest absolute Gasteiger partial charge is 0.484 e. The number of rotatable bonds is 7. The van der Waals surface area contributed by atoms with Crippen molar-refractivity contribution in [3.05, 3.63) is 54.1 Å². The number of carbonyl (C=O) groups is 1. The summed E-state index contributed by atoms with van der Waals surface area (Å²) in [6.45, 7) is 1.82. The number of hydrogen-bond acceptors (Lipinski definition) is 5. The molecule has 2 aromatic rings. The van der Waals surface area contributed by atoms with E-state index in [-0.39, 0.29) is 17.8 Å². The number of nitriles is 2. The van der Waals surface area contributed by atoms with Gasteiger partial charge in [0.05, 0.1) is 23.4 Å². The summed E-state index contributed by atoms with van der Waals surface area (Å²) >= 11 is 1.54. The molecular weight excluding hydrogens is 334 g/mol. The van der Waals surface area contributed by atoms with Crippen LogP contribution in [0.4, 0.5) is 5.69 Å². The number of para-hydroxylation sites is 1. The predicted octanol–water partition coefficient (Wildman–Crippen LogP) is 3.97. The van der Waals surface area contributed by atoms with Gasteiger partial charge >= 0.3 is 0 Å². The maximum absolute atomic E-state index is 12.1. The number of thioether (sulfide) groups is 1. The second kappa shape index (κ2) is 9.36. The highest BCUT2D eigenvalue weighted by Gasteiger charge is 2.11. The van der Waals surface area contributed by atoms with Gasteiger partial charge in [-0.3, -0.25) is 4.79 Å². The van der Waals surface area contributed by atoms with Crippen LogP contribution in [0.1, 0.15) is 18.9 Å². The van der Waals surface area contributed by atoms with Gasteiger partial charge in [-0.25, -0.2) is 0 Å². The lowest BCUT2D eigenvalue weighted by Crippen LogP contribution is -2.20. The van der Waals surface area contributed by atoms with Crippen molar-refractivity contribution in [3.8, 4) is 17.9 Å². The molecule has 0 spiro atoms. The van der Waals surface area contributed by atoms with Gasteiger partial charge in [0.2, 0.25) is 0 Å². The Hall–Kier alpha value is -2.96. The molecule has 0 heterocycles. The zero-order valence-electron chi connectivity index (χ0n) is 13.7. The van der Waals surface area contributed by atoms with Crippen LogP contribution in [0.3, 0.4) is 0 Å². The van der Waals surface area contributed by atoms with Crippen LogP contribution in [0.15, 0.2) is 53.4 Å². The number of nitrogens with zero attached hydrogens (tertiary/aromatic N) is 2. The molecule has 1 N–H and O–H groups in total. The third-order valence-electron chi connectivity index (χ3n) is 3.20. The summed E-state index contributed by atoms with van der Waals surface area (Å²) in [6, 6.07) is 18.3. The molecule has 0 saturated carbocycles. The van der Waals surface area contributed by atoms with Crippen molar-refractivity contribution in [3.63, 3.8) is 0 Å². The third kappa shape index (κ3) is 5.87. The zero-order valence-corrected chi connectivity index (χ0v) is 14.5. The topological polar surface area (TPSA) is 85.9 Å². The molecule has 0 aliphatic carbocycles. The maximum atomic E-state index is 12.1. The Balaban J connectivity index is 1.96. The van der Waals surface area contributed by atoms with Gasteiger partial charge < -0.3 is 10.1 Å². The average Bonchev–Trinajstić information content (AvgIpc) is 2.62. The molecular formula is C19H17N3O2S. The summed E-state index contributed by atoms with van der Waals surface area (Å²) < 4.78 is 5.43. The molecule has 5 nitrogen and oxygen atoms in total. The number of amides is 1. The normalized spacial score (nSPS) is 11.0. The highest BCUT2D eigenvalue weighted by atomic mass is 32.2. The number of hydrogen-bond donors (Lipinski definition) is 1. The van der Waals surface area contributed by atoms with Gasteiger partial charge in [0.1, 0.15) is 5.75 Å². The van der Waals surface area contributed by atoms with E-state index in [0.29, 0.717) is 23.4 Å². The predicted molar refractivity (Wildman–Crippen MR) is 97.3 cm³/mol. The molecule has 0 saturated heterocycles.